The van der Waals surface area contributed by atoms with Crippen LogP contribution >= 0.6 is 0 Å². The SMILES string of the molecule is COc1ccc([N+](=O)[O-])cc1NC(=O)c1cccc(S(=O)(=O)N(C)C)c1. The Kier molecular flexibility index (Phi) is 5.58. The van der Waals surface area contributed by atoms with Crippen molar-refractivity contribution in [2.45, 2.75) is 4.90 Å². The number of anilines is 1. The van der Waals surface area contributed by atoms with E-state index in [0.717, 1.165) is 10.4 Å². The fraction of sp³-hybridized carbons (Fsp3) is 0.188. The summed E-state index contributed by atoms with van der Waals surface area (Å²) in [6.07, 6.45) is 0. The second-order valence-electron chi connectivity index (χ2n) is 5.41. The Hall–Kier alpha value is -2.98. The number of rotatable bonds is 6. The van der Waals surface area contributed by atoms with Crippen molar-refractivity contribution in [1.82, 2.24) is 4.31 Å². The van der Waals surface area contributed by atoms with Gasteiger partial charge >= 0.3 is 0 Å². The maximum Gasteiger partial charge on any atom is 0.271 e. The van der Waals surface area contributed by atoms with E-state index in [1.165, 1.54) is 57.6 Å². The lowest BCUT2D eigenvalue weighted by Gasteiger charge is -2.13. The first-order valence-electron chi connectivity index (χ1n) is 7.33. The molecule has 0 aliphatic rings. The van der Waals surface area contributed by atoms with Gasteiger partial charge in [-0.15, -0.1) is 0 Å². The number of carbonyl (C=O) groups excluding carboxylic acids is 1. The van der Waals surface area contributed by atoms with Crippen molar-refractivity contribution in [3.8, 4) is 5.75 Å². The Morgan fingerprint density at radius 2 is 1.88 bits per heavy atom. The van der Waals surface area contributed by atoms with Gasteiger partial charge in [-0.05, 0) is 24.3 Å². The molecule has 0 aromatic heterocycles. The monoisotopic (exact) mass is 379 g/mol. The quantitative estimate of drug-likeness (QED) is 0.606. The molecular formula is C16H17N3O6S. The van der Waals surface area contributed by atoms with E-state index in [-0.39, 0.29) is 27.6 Å². The molecule has 1 amide bonds. The summed E-state index contributed by atoms with van der Waals surface area (Å²) in [7, 11) is 0.435. The molecule has 0 atom stereocenters. The fourth-order valence-corrected chi connectivity index (χ4v) is 3.06. The van der Waals surface area contributed by atoms with E-state index in [4.69, 9.17) is 4.74 Å². The van der Waals surface area contributed by atoms with Crippen molar-refractivity contribution in [1.29, 1.82) is 0 Å². The van der Waals surface area contributed by atoms with E-state index in [1.54, 1.807) is 0 Å². The zero-order chi connectivity index (χ0) is 19.5. The number of nitrogens with zero attached hydrogens (tertiary/aromatic N) is 2. The molecule has 138 valence electrons. The number of carbonyl (C=O) groups is 1. The number of non-ortho nitro benzene ring substituents is 1. The summed E-state index contributed by atoms with van der Waals surface area (Å²) in [6, 6.07) is 9.26. The predicted molar refractivity (Wildman–Crippen MR) is 94.9 cm³/mol. The van der Waals surface area contributed by atoms with Crippen LogP contribution < -0.4 is 10.1 Å². The highest BCUT2D eigenvalue weighted by Crippen LogP contribution is 2.29. The zero-order valence-corrected chi connectivity index (χ0v) is 15.1. The maximum absolute atomic E-state index is 12.5. The number of sulfonamides is 1. The van der Waals surface area contributed by atoms with Gasteiger partial charge in [0.2, 0.25) is 10.0 Å². The van der Waals surface area contributed by atoms with E-state index in [2.05, 4.69) is 5.32 Å². The summed E-state index contributed by atoms with van der Waals surface area (Å²) < 4.78 is 30.5. The summed E-state index contributed by atoms with van der Waals surface area (Å²) >= 11 is 0. The van der Waals surface area contributed by atoms with E-state index in [1.807, 2.05) is 0 Å². The number of ether oxygens (including phenoxy) is 1. The minimum Gasteiger partial charge on any atom is -0.495 e. The molecule has 9 nitrogen and oxygen atoms in total. The average molecular weight is 379 g/mol. The molecule has 0 spiro atoms. The van der Waals surface area contributed by atoms with Crippen LogP contribution in [0.5, 0.6) is 5.75 Å². The van der Waals surface area contributed by atoms with Crippen LogP contribution in [0.3, 0.4) is 0 Å². The van der Waals surface area contributed by atoms with Crippen molar-refractivity contribution in [3.05, 3.63) is 58.1 Å². The first kappa shape index (κ1) is 19.3. The van der Waals surface area contributed by atoms with Crippen molar-refractivity contribution < 1.29 is 22.9 Å². The van der Waals surface area contributed by atoms with Gasteiger partial charge in [-0.3, -0.25) is 14.9 Å². The first-order chi connectivity index (χ1) is 12.2. The van der Waals surface area contributed by atoms with Gasteiger partial charge in [-0.1, -0.05) is 6.07 Å². The number of nitrogens with one attached hydrogen (secondary N) is 1. The number of amides is 1. The van der Waals surface area contributed by atoms with E-state index in [0.29, 0.717) is 0 Å². The number of nitro benzene ring substituents is 1. The van der Waals surface area contributed by atoms with Crippen LogP contribution in [0.4, 0.5) is 11.4 Å². The Morgan fingerprint density at radius 3 is 2.46 bits per heavy atom. The molecule has 0 radical (unpaired) electrons. The molecule has 0 saturated carbocycles. The van der Waals surface area contributed by atoms with Gasteiger partial charge < -0.3 is 10.1 Å². The normalized spacial score (nSPS) is 11.2. The average Bonchev–Trinajstić information content (AvgIpc) is 2.61. The maximum atomic E-state index is 12.5. The lowest BCUT2D eigenvalue weighted by molar-refractivity contribution is -0.384. The topological polar surface area (TPSA) is 119 Å². The summed E-state index contributed by atoms with van der Waals surface area (Å²) in [6.45, 7) is 0. The lowest BCUT2D eigenvalue weighted by Crippen LogP contribution is -2.22. The molecular weight excluding hydrogens is 362 g/mol. The van der Waals surface area contributed by atoms with Crippen LogP contribution in [-0.4, -0.2) is 44.8 Å². The number of hydrogen-bond acceptors (Lipinski definition) is 6. The molecule has 2 rings (SSSR count). The molecule has 26 heavy (non-hydrogen) atoms. The van der Waals surface area contributed by atoms with E-state index >= 15 is 0 Å². The predicted octanol–water partition coefficient (Wildman–Crippen LogP) is 2.11. The second-order valence-corrected chi connectivity index (χ2v) is 7.56. The van der Waals surface area contributed by atoms with Crippen molar-refractivity contribution in [3.63, 3.8) is 0 Å². The van der Waals surface area contributed by atoms with Crippen LogP contribution in [0, 0.1) is 10.1 Å². The van der Waals surface area contributed by atoms with Crippen molar-refractivity contribution in [2.75, 3.05) is 26.5 Å². The zero-order valence-electron chi connectivity index (χ0n) is 14.3. The molecule has 0 saturated heterocycles. The molecule has 0 aliphatic heterocycles. The molecule has 10 heteroatoms. The molecule has 0 aliphatic carbocycles. The second kappa shape index (κ2) is 7.50. The van der Waals surface area contributed by atoms with Gasteiger partial charge in [0.1, 0.15) is 5.75 Å². The van der Waals surface area contributed by atoms with Gasteiger partial charge in [-0.2, -0.15) is 0 Å². The van der Waals surface area contributed by atoms with Crippen LogP contribution in [-0.2, 0) is 10.0 Å². The third-order valence-corrected chi connectivity index (χ3v) is 5.33. The number of benzene rings is 2. The van der Waals surface area contributed by atoms with Crippen LogP contribution in [0.25, 0.3) is 0 Å². The van der Waals surface area contributed by atoms with E-state index in [9.17, 15) is 23.3 Å². The Labute approximate surface area is 150 Å². The van der Waals surface area contributed by atoms with Gasteiger partial charge in [-0.25, -0.2) is 12.7 Å². The Morgan fingerprint density at radius 1 is 1.19 bits per heavy atom. The number of methoxy groups -OCH3 is 1. The summed E-state index contributed by atoms with van der Waals surface area (Å²) in [4.78, 5) is 22.7. The molecule has 2 aromatic carbocycles. The molecule has 0 unspecified atom stereocenters. The van der Waals surface area contributed by atoms with Crippen LogP contribution in [0.15, 0.2) is 47.4 Å². The summed E-state index contributed by atoms with van der Waals surface area (Å²) in [5, 5.41) is 13.4. The lowest BCUT2D eigenvalue weighted by atomic mass is 10.2. The molecule has 0 heterocycles. The van der Waals surface area contributed by atoms with Crippen LogP contribution in [0.1, 0.15) is 10.4 Å². The third kappa shape index (κ3) is 3.98. The fourth-order valence-electron chi connectivity index (χ4n) is 2.11. The smallest absolute Gasteiger partial charge is 0.271 e. The minimum atomic E-state index is -3.70. The minimum absolute atomic E-state index is 0.0406. The third-order valence-electron chi connectivity index (χ3n) is 3.52. The van der Waals surface area contributed by atoms with Crippen molar-refractivity contribution in [2.24, 2.45) is 0 Å². The van der Waals surface area contributed by atoms with Crippen LogP contribution in [0.2, 0.25) is 0 Å². The number of hydrogen-bond donors (Lipinski definition) is 1. The molecule has 0 fully saturated rings. The molecule has 1 N–H and O–H groups in total. The highest BCUT2D eigenvalue weighted by atomic mass is 32.2. The number of nitro groups is 1. The summed E-state index contributed by atoms with van der Waals surface area (Å²) in [5.41, 5.74) is -0.0286. The summed E-state index contributed by atoms with van der Waals surface area (Å²) in [5.74, 6) is -0.388. The highest BCUT2D eigenvalue weighted by Gasteiger charge is 2.20. The van der Waals surface area contributed by atoms with Gasteiger partial charge in [0.25, 0.3) is 11.6 Å². The largest absolute Gasteiger partial charge is 0.495 e. The van der Waals surface area contributed by atoms with Gasteiger partial charge in [0, 0.05) is 31.8 Å². The van der Waals surface area contributed by atoms with Gasteiger partial charge in [0.15, 0.2) is 0 Å². The Bertz CT molecular complexity index is 956. The Balaban J connectivity index is 2.37. The van der Waals surface area contributed by atoms with Gasteiger partial charge in [0.05, 0.1) is 22.6 Å². The van der Waals surface area contributed by atoms with E-state index < -0.39 is 20.9 Å². The van der Waals surface area contributed by atoms with Crippen molar-refractivity contribution >= 4 is 27.3 Å². The first-order valence-corrected chi connectivity index (χ1v) is 8.77. The molecule has 2 aromatic rings. The molecule has 0 bridgehead atoms. The standard InChI is InChI=1S/C16H17N3O6S/c1-18(2)26(23,24)13-6-4-5-11(9-13)16(20)17-14-10-12(19(21)22)7-8-15(14)25-3/h4-10H,1-3H3,(H,17,20). The highest BCUT2D eigenvalue weighted by molar-refractivity contribution is 7.89.